The second kappa shape index (κ2) is 5.61. The summed E-state index contributed by atoms with van der Waals surface area (Å²) in [5.41, 5.74) is 0. The third kappa shape index (κ3) is 3.28. The Bertz CT molecular complexity index is 130. The Kier molecular flexibility index (Phi) is 4.74. The molecule has 2 N–H and O–H groups in total. The zero-order valence-corrected chi connectivity index (χ0v) is 8.92. The first-order valence-electron chi connectivity index (χ1n) is 5.57. The average molecular weight is 185 g/mol. The summed E-state index contributed by atoms with van der Waals surface area (Å²) in [7, 11) is 0. The fourth-order valence-corrected chi connectivity index (χ4v) is 2.51. The fourth-order valence-electron chi connectivity index (χ4n) is 2.51. The van der Waals surface area contributed by atoms with Crippen LogP contribution in [0.5, 0.6) is 0 Å². The summed E-state index contributed by atoms with van der Waals surface area (Å²) in [4.78, 5) is 0. The molecule has 1 aliphatic heterocycles. The van der Waals surface area contributed by atoms with Crippen molar-refractivity contribution in [2.75, 3.05) is 19.7 Å². The maximum Gasteiger partial charge on any atom is 0.0433 e. The number of nitrogens with one attached hydrogen (secondary N) is 1. The summed E-state index contributed by atoms with van der Waals surface area (Å²) in [5, 5.41) is 12.4. The van der Waals surface area contributed by atoms with E-state index >= 15 is 0 Å². The Balaban J connectivity index is 2.41. The molecule has 13 heavy (non-hydrogen) atoms. The van der Waals surface area contributed by atoms with E-state index in [0.717, 1.165) is 18.9 Å². The van der Waals surface area contributed by atoms with Crippen LogP contribution in [0.1, 0.15) is 33.1 Å². The van der Waals surface area contributed by atoms with E-state index in [1.54, 1.807) is 0 Å². The molecule has 0 spiro atoms. The van der Waals surface area contributed by atoms with Crippen LogP contribution in [0.4, 0.5) is 0 Å². The van der Waals surface area contributed by atoms with Crippen molar-refractivity contribution in [3.63, 3.8) is 0 Å². The molecule has 0 aromatic carbocycles. The van der Waals surface area contributed by atoms with Gasteiger partial charge in [0.2, 0.25) is 0 Å². The summed E-state index contributed by atoms with van der Waals surface area (Å²) in [6.07, 6.45) is 3.62. The predicted molar refractivity (Wildman–Crippen MR) is 55.6 cm³/mol. The molecule has 2 nitrogen and oxygen atoms in total. The van der Waals surface area contributed by atoms with Gasteiger partial charge in [0.05, 0.1) is 0 Å². The highest BCUT2D eigenvalue weighted by atomic mass is 16.3. The average Bonchev–Trinajstić information content (AvgIpc) is 2.15. The molecular formula is C11H23NO. The van der Waals surface area contributed by atoms with Gasteiger partial charge in [-0.25, -0.2) is 0 Å². The van der Waals surface area contributed by atoms with E-state index in [1.807, 2.05) is 0 Å². The van der Waals surface area contributed by atoms with Gasteiger partial charge in [0, 0.05) is 6.61 Å². The number of aliphatic hydroxyl groups is 1. The molecule has 0 amide bonds. The van der Waals surface area contributed by atoms with Crippen LogP contribution in [0.3, 0.4) is 0 Å². The highest BCUT2D eigenvalue weighted by Gasteiger charge is 2.25. The van der Waals surface area contributed by atoms with Crippen molar-refractivity contribution in [3.8, 4) is 0 Å². The molecule has 2 heteroatoms. The third-order valence-corrected chi connectivity index (χ3v) is 3.26. The molecule has 0 aliphatic carbocycles. The lowest BCUT2D eigenvalue weighted by molar-refractivity contribution is 0.157. The van der Waals surface area contributed by atoms with Crippen molar-refractivity contribution in [2.45, 2.75) is 33.1 Å². The third-order valence-electron chi connectivity index (χ3n) is 3.26. The van der Waals surface area contributed by atoms with Gasteiger partial charge in [-0.3, -0.25) is 0 Å². The molecule has 0 aromatic rings. The van der Waals surface area contributed by atoms with Crippen molar-refractivity contribution in [1.29, 1.82) is 0 Å². The van der Waals surface area contributed by atoms with Crippen LogP contribution in [0.15, 0.2) is 0 Å². The molecule has 78 valence electrons. The maximum absolute atomic E-state index is 9.00. The molecule has 1 heterocycles. The zero-order chi connectivity index (χ0) is 9.68. The monoisotopic (exact) mass is 185 g/mol. The lowest BCUT2D eigenvalue weighted by Crippen LogP contribution is -2.36. The molecule has 2 atom stereocenters. The molecule has 2 unspecified atom stereocenters. The number of hydrogen-bond donors (Lipinski definition) is 2. The quantitative estimate of drug-likeness (QED) is 0.698. The fraction of sp³-hybridized carbons (Fsp3) is 1.00. The summed E-state index contributed by atoms with van der Waals surface area (Å²) >= 11 is 0. The summed E-state index contributed by atoms with van der Waals surface area (Å²) < 4.78 is 0. The van der Waals surface area contributed by atoms with E-state index in [4.69, 9.17) is 5.11 Å². The van der Waals surface area contributed by atoms with Crippen LogP contribution in [-0.2, 0) is 0 Å². The SMILES string of the molecule is CC(C)C(CCO)C1CCCNC1. The van der Waals surface area contributed by atoms with Crippen LogP contribution >= 0.6 is 0 Å². The first kappa shape index (κ1) is 11.0. The van der Waals surface area contributed by atoms with Gasteiger partial charge in [-0.2, -0.15) is 0 Å². The summed E-state index contributed by atoms with van der Waals surface area (Å²) in [5.74, 6) is 2.20. The summed E-state index contributed by atoms with van der Waals surface area (Å²) in [6, 6.07) is 0. The lowest BCUT2D eigenvalue weighted by atomic mass is 9.78. The Morgan fingerprint density at radius 2 is 2.23 bits per heavy atom. The smallest absolute Gasteiger partial charge is 0.0433 e. The van der Waals surface area contributed by atoms with Crippen molar-refractivity contribution >= 4 is 0 Å². The standard InChI is InChI=1S/C11H23NO/c1-9(2)11(5-7-13)10-4-3-6-12-8-10/h9-13H,3-8H2,1-2H3. The number of aliphatic hydroxyl groups excluding tert-OH is 1. The first-order chi connectivity index (χ1) is 6.25. The van der Waals surface area contributed by atoms with Gasteiger partial charge in [-0.15, -0.1) is 0 Å². The van der Waals surface area contributed by atoms with Crippen molar-refractivity contribution in [3.05, 3.63) is 0 Å². The molecule has 0 radical (unpaired) electrons. The van der Waals surface area contributed by atoms with Gasteiger partial charge in [-0.1, -0.05) is 13.8 Å². The molecule has 1 aliphatic rings. The van der Waals surface area contributed by atoms with Crippen LogP contribution in [0, 0.1) is 17.8 Å². The van der Waals surface area contributed by atoms with E-state index in [-0.39, 0.29) is 0 Å². The second-order valence-corrected chi connectivity index (χ2v) is 4.53. The van der Waals surface area contributed by atoms with E-state index in [0.29, 0.717) is 18.4 Å². The maximum atomic E-state index is 9.00. The van der Waals surface area contributed by atoms with E-state index < -0.39 is 0 Å². The van der Waals surface area contributed by atoms with Crippen molar-refractivity contribution in [2.24, 2.45) is 17.8 Å². The number of piperidine rings is 1. The molecule has 0 aromatic heterocycles. The molecule has 1 saturated heterocycles. The van der Waals surface area contributed by atoms with E-state index in [1.165, 1.54) is 19.4 Å². The highest BCUT2D eigenvalue weighted by Crippen LogP contribution is 2.28. The van der Waals surface area contributed by atoms with E-state index in [9.17, 15) is 0 Å². The van der Waals surface area contributed by atoms with Gasteiger partial charge in [0.15, 0.2) is 0 Å². The van der Waals surface area contributed by atoms with Gasteiger partial charge in [0.1, 0.15) is 0 Å². The van der Waals surface area contributed by atoms with Crippen molar-refractivity contribution < 1.29 is 5.11 Å². The molecule has 0 saturated carbocycles. The lowest BCUT2D eigenvalue weighted by Gasteiger charge is -2.33. The normalized spacial score (nSPS) is 26.3. The van der Waals surface area contributed by atoms with Crippen LogP contribution in [-0.4, -0.2) is 24.8 Å². The Labute approximate surface area is 81.7 Å². The van der Waals surface area contributed by atoms with Crippen LogP contribution < -0.4 is 5.32 Å². The largest absolute Gasteiger partial charge is 0.396 e. The Hall–Kier alpha value is -0.0800. The minimum Gasteiger partial charge on any atom is -0.396 e. The van der Waals surface area contributed by atoms with Gasteiger partial charge < -0.3 is 10.4 Å². The highest BCUT2D eigenvalue weighted by molar-refractivity contribution is 4.78. The number of rotatable bonds is 4. The number of hydrogen-bond acceptors (Lipinski definition) is 2. The zero-order valence-electron chi connectivity index (χ0n) is 8.92. The topological polar surface area (TPSA) is 32.3 Å². The minimum atomic E-state index is 0.347. The van der Waals surface area contributed by atoms with Crippen LogP contribution in [0.2, 0.25) is 0 Å². The Morgan fingerprint density at radius 1 is 1.46 bits per heavy atom. The van der Waals surface area contributed by atoms with Gasteiger partial charge in [0.25, 0.3) is 0 Å². The van der Waals surface area contributed by atoms with Gasteiger partial charge >= 0.3 is 0 Å². The summed E-state index contributed by atoms with van der Waals surface area (Å²) in [6.45, 7) is 7.23. The molecule has 1 fully saturated rings. The Morgan fingerprint density at radius 3 is 2.69 bits per heavy atom. The van der Waals surface area contributed by atoms with Crippen LogP contribution in [0.25, 0.3) is 0 Å². The predicted octanol–water partition coefficient (Wildman–Crippen LogP) is 1.64. The van der Waals surface area contributed by atoms with E-state index in [2.05, 4.69) is 19.2 Å². The van der Waals surface area contributed by atoms with Crippen molar-refractivity contribution in [1.82, 2.24) is 5.32 Å². The first-order valence-corrected chi connectivity index (χ1v) is 5.57. The molecular weight excluding hydrogens is 162 g/mol. The molecule has 0 bridgehead atoms. The second-order valence-electron chi connectivity index (χ2n) is 4.53. The molecule has 1 rings (SSSR count). The minimum absolute atomic E-state index is 0.347. The van der Waals surface area contributed by atoms with Gasteiger partial charge in [-0.05, 0) is 50.1 Å².